The third-order valence-electron chi connectivity index (χ3n) is 6.95. The molecule has 202 valence electrons. The summed E-state index contributed by atoms with van der Waals surface area (Å²) in [6.45, 7) is 2.97. The fourth-order valence-electron chi connectivity index (χ4n) is 4.49. The van der Waals surface area contributed by atoms with Gasteiger partial charge in [0, 0.05) is 6.20 Å². The summed E-state index contributed by atoms with van der Waals surface area (Å²) in [7, 11) is 0. The lowest BCUT2D eigenvalue weighted by atomic mass is 9.91. The molecule has 2 aliphatic rings. The highest BCUT2D eigenvalue weighted by Gasteiger charge is 2.43. The van der Waals surface area contributed by atoms with E-state index in [4.69, 9.17) is 4.74 Å². The first-order valence-electron chi connectivity index (χ1n) is 12.6. The number of esters is 1. The molecule has 11 heteroatoms. The zero-order chi connectivity index (χ0) is 27.4. The number of ether oxygens (including phenoxy) is 1. The smallest absolute Gasteiger partial charge is 0.329 e. The van der Waals surface area contributed by atoms with Crippen molar-refractivity contribution in [2.45, 2.75) is 63.4 Å². The molecule has 1 saturated heterocycles. The minimum absolute atomic E-state index is 0.113. The SMILES string of the molecule is CC1OC(=O)C(C2CC2)NC(=O)C(C)C(O)C(Cc2ccccc2)NC(=O)C1NC(=O)c1ncccc1O. The molecule has 6 atom stereocenters. The number of aromatic nitrogens is 1. The molecule has 1 aromatic carbocycles. The number of rotatable bonds is 5. The fraction of sp³-hybridized carbons (Fsp3) is 0.444. The van der Waals surface area contributed by atoms with Crippen LogP contribution in [0.2, 0.25) is 0 Å². The van der Waals surface area contributed by atoms with Crippen LogP contribution in [0.3, 0.4) is 0 Å². The summed E-state index contributed by atoms with van der Waals surface area (Å²) in [4.78, 5) is 56.4. The number of carbonyl (C=O) groups is 4. The standard InChI is InChI=1S/C27H32N4O7/c1-14-23(33)18(13-16-7-4-3-5-8-16)29-25(35)20(30-26(36)22-19(32)9-6-12-28-22)15(2)38-27(37)21(17-10-11-17)31-24(14)34/h3-9,12,14-15,17-18,20-21,23,32-33H,10-11,13H2,1-2H3,(H,29,35)(H,30,36)(H,31,34). The Balaban J connectivity index is 1.66. The second kappa shape index (κ2) is 11.6. The van der Waals surface area contributed by atoms with Gasteiger partial charge in [0.1, 0.15) is 23.9 Å². The van der Waals surface area contributed by atoms with Crippen molar-refractivity contribution >= 4 is 23.7 Å². The first-order chi connectivity index (χ1) is 18.2. The Bertz CT molecular complexity index is 1190. The highest BCUT2D eigenvalue weighted by atomic mass is 16.5. The van der Waals surface area contributed by atoms with E-state index in [1.54, 1.807) is 0 Å². The number of nitrogens with one attached hydrogen (secondary N) is 3. The molecule has 0 radical (unpaired) electrons. The van der Waals surface area contributed by atoms with Gasteiger partial charge in [-0.2, -0.15) is 0 Å². The van der Waals surface area contributed by atoms with E-state index in [1.165, 1.54) is 32.2 Å². The topological polar surface area (TPSA) is 167 Å². The number of aliphatic hydroxyl groups excluding tert-OH is 1. The van der Waals surface area contributed by atoms with Crippen molar-refractivity contribution in [2.24, 2.45) is 11.8 Å². The van der Waals surface area contributed by atoms with Crippen LogP contribution in [0.5, 0.6) is 5.75 Å². The first-order valence-corrected chi connectivity index (χ1v) is 12.6. The summed E-state index contributed by atoms with van der Waals surface area (Å²) < 4.78 is 5.58. The molecule has 2 heterocycles. The quantitative estimate of drug-likeness (QED) is 0.352. The van der Waals surface area contributed by atoms with Crippen LogP contribution in [0.4, 0.5) is 0 Å². The Labute approximate surface area is 220 Å². The summed E-state index contributed by atoms with van der Waals surface area (Å²) >= 11 is 0. The lowest BCUT2D eigenvalue weighted by molar-refractivity contribution is -0.156. The number of cyclic esters (lactones) is 1. The Hall–Kier alpha value is -3.99. The zero-order valence-corrected chi connectivity index (χ0v) is 21.2. The van der Waals surface area contributed by atoms with Gasteiger partial charge in [0.15, 0.2) is 5.69 Å². The van der Waals surface area contributed by atoms with E-state index >= 15 is 0 Å². The van der Waals surface area contributed by atoms with E-state index in [-0.39, 0.29) is 23.8 Å². The second-order valence-corrected chi connectivity index (χ2v) is 9.87. The van der Waals surface area contributed by atoms with Gasteiger partial charge in [-0.05, 0) is 49.8 Å². The van der Waals surface area contributed by atoms with Crippen molar-refractivity contribution in [1.29, 1.82) is 0 Å². The van der Waals surface area contributed by atoms with Crippen molar-refractivity contribution in [3.8, 4) is 5.75 Å². The Kier molecular flexibility index (Phi) is 8.26. The van der Waals surface area contributed by atoms with Gasteiger partial charge in [-0.25, -0.2) is 9.78 Å². The minimum Gasteiger partial charge on any atom is -0.505 e. The molecule has 3 amide bonds. The third kappa shape index (κ3) is 6.28. The lowest BCUT2D eigenvalue weighted by Crippen LogP contribution is -2.60. The van der Waals surface area contributed by atoms with Crippen LogP contribution in [0.1, 0.15) is 42.7 Å². The number of hydrogen-bond acceptors (Lipinski definition) is 8. The molecule has 11 nitrogen and oxygen atoms in total. The number of aliphatic hydroxyl groups is 1. The van der Waals surface area contributed by atoms with Crippen LogP contribution >= 0.6 is 0 Å². The summed E-state index contributed by atoms with van der Waals surface area (Å²) in [5, 5.41) is 29.2. The van der Waals surface area contributed by atoms with Crippen LogP contribution in [0, 0.1) is 11.8 Å². The highest BCUT2D eigenvalue weighted by Crippen LogP contribution is 2.34. The largest absolute Gasteiger partial charge is 0.505 e. The van der Waals surface area contributed by atoms with Gasteiger partial charge in [0.2, 0.25) is 11.8 Å². The predicted octanol–water partition coefficient (Wildman–Crippen LogP) is 0.450. The van der Waals surface area contributed by atoms with Crippen LogP contribution in [-0.2, 0) is 25.5 Å². The van der Waals surface area contributed by atoms with E-state index in [1.807, 2.05) is 30.3 Å². The number of carbonyl (C=O) groups excluding carboxylic acids is 4. The Morgan fingerprint density at radius 2 is 1.76 bits per heavy atom. The molecule has 6 unspecified atom stereocenters. The molecule has 1 aliphatic heterocycles. The lowest BCUT2D eigenvalue weighted by Gasteiger charge is -2.33. The molecule has 0 bridgehead atoms. The number of pyridine rings is 1. The summed E-state index contributed by atoms with van der Waals surface area (Å²) in [6.07, 6.45) is 0.509. The van der Waals surface area contributed by atoms with E-state index in [0.717, 1.165) is 18.4 Å². The minimum atomic E-state index is -1.39. The van der Waals surface area contributed by atoms with Crippen molar-refractivity contribution in [2.75, 3.05) is 0 Å². The first kappa shape index (κ1) is 27.1. The summed E-state index contributed by atoms with van der Waals surface area (Å²) in [5.74, 6) is -4.30. The van der Waals surface area contributed by atoms with Crippen LogP contribution in [0.15, 0.2) is 48.7 Å². The Morgan fingerprint density at radius 1 is 1.05 bits per heavy atom. The average molecular weight is 525 g/mol. The molecule has 1 aliphatic carbocycles. The van der Waals surface area contributed by atoms with E-state index in [0.29, 0.717) is 0 Å². The van der Waals surface area contributed by atoms with E-state index < -0.39 is 59.9 Å². The molecule has 1 aromatic heterocycles. The van der Waals surface area contributed by atoms with Crippen LogP contribution < -0.4 is 16.0 Å². The molecular weight excluding hydrogens is 492 g/mol. The van der Waals surface area contributed by atoms with Gasteiger partial charge in [0.25, 0.3) is 5.91 Å². The number of nitrogens with zero attached hydrogens (tertiary/aromatic N) is 1. The Morgan fingerprint density at radius 3 is 2.42 bits per heavy atom. The number of aromatic hydroxyl groups is 1. The van der Waals surface area contributed by atoms with Gasteiger partial charge in [-0.3, -0.25) is 14.4 Å². The molecular formula is C27H32N4O7. The molecule has 2 aromatic rings. The number of amides is 3. The maximum absolute atomic E-state index is 13.5. The average Bonchev–Trinajstić information content (AvgIpc) is 3.74. The third-order valence-corrected chi connectivity index (χ3v) is 6.95. The molecule has 2 fully saturated rings. The molecule has 4 rings (SSSR count). The van der Waals surface area contributed by atoms with Crippen LogP contribution in [-0.4, -0.2) is 69.2 Å². The van der Waals surface area contributed by atoms with Crippen molar-refractivity contribution in [3.63, 3.8) is 0 Å². The maximum atomic E-state index is 13.5. The van der Waals surface area contributed by atoms with Crippen LogP contribution in [0.25, 0.3) is 0 Å². The number of hydrogen-bond donors (Lipinski definition) is 5. The fourth-order valence-corrected chi connectivity index (χ4v) is 4.49. The van der Waals surface area contributed by atoms with Gasteiger partial charge in [0.05, 0.1) is 18.1 Å². The van der Waals surface area contributed by atoms with Gasteiger partial charge < -0.3 is 30.9 Å². The van der Waals surface area contributed by atoms with E-state index in [2.05, 4.69) is 20.9 Å². The number of benzene rings is 1. The molecule has 5 N–H and O–H groups in total. The van der Waals surface area contributed by atoms with Gasteiger partial charge in [-0.15, -0.1) is 0 Å². The monoisotopic (exact) mass is 524 g/mol. The molecule has 1 saturated carbocycles. The normalized spacial score (nSPS) is 28.7. The summed E-state index contributed by atoms with van der Waals surface area (Å²) in [6, 6.07) is 8.63. The molecule has 38 heavy (non-hydrogen) atoms. The van der Waals surface area contributed by atoms with Crippen molar-refractivity contribution < 1.29 is 34.1 Å². The van der Waals surface area contributed by atoms with Gasteiger partial charge in [-0.1, -0.05) is 37.3 Å². The van der Waals surface area contributed by atoms with Crippen molar-refractivity contribution in [1.82, 2.24) is 20.9 Å². The predicted molar refractivity (Wildman–Crippen MR) is 135 cm³/mol. The van der Waals surface area contributed by atoms with Crippen molar-refractivity contribution in [3.05, 3.63) is 59.9 Å². The maximum Gasteiger partial charge on any atom is 0.329 e. The molecule has 0 spiro atoms. The zero-order valence-electron chi connectivity index (χ0n) is 21.2. The van der Waals surface area contributed by atoms with E-state index in [9.17, 15) is 29.4 Å². The highest BCUT2D eigenvalue weighted by molar-refractivity contribution is 5.98. The van der Waals surface area contributed by atoms with Gasteiger partial charge >= 0.3 is 5.97 Å². The second-order valence-electron chi connectivity index (χ2n) is 9.87. The summed E-state index contributed by atoms with van der Waals surface area (Å²) in [5.41, 5.74) is 0.508.